The normalized spacial score (nSPS) is 10.6. The van der Waals surface area contributed by atoms with Gasteiger partial charge in [-0.15, -0.1) is 0 Å². The van der Waals surface area contributed by atoms with Crippen LogP contribution in [0.1, 0.15) is 16.7 Å². The van der Waals surface area contributed by atoms with E-state index in [4.69, 9.17) is 14.3 Å². The van der Waals surface area contributed by atoms with Crippen LogP contribution in [0.3, 0.4) is 0 Å². The zero-order chi connectivity index (χ0) is 19.6. The molecule has 0 saturated carbocycles. The monoisotopic (exact) mass is 375 g/mol. The minimum absolute atomic E-state index is 0.154. The van der Waals surface area contributed by atoms with E-state index in [-0.39, 0.29) is 12.4 Å². The molecule has 3 aromatic rings. The lowest BCUT2D eigenvalue weighted by Gasteiger charge is -2.11. The van der Waals surface area contributed by atoms with Crippen molar-refractivity contribution in [1.29, 1.82) is 0 Å². The first-order valence-electron chi connectivity index (χ1n) is 8.86. The summed E-state index contributed by atoms with van der Waals surface area (Å²) in [6.45, 7) is 0.411. The van der Waals surface area contributed by atoms with Crippen molar-refractivity contribution in [3.63, 3.8) is 0 Å². The maximum atomic E-state index is 11.6. The highest BCUT2D eigenvalue weighted by molar-refractivity contribution is 5.79. The molecular weight excluding hydrogens is 354 g/mol. The van der Waals surface area contributed by atoms with Crippen molar-refractivity contribution in [2.75, 3.05) is 7.11 Å². The van der Waals surface area contributed by atoms with Gasteiger partial charge in [0.05, 0.1) is 19.7 Å². The molecule has 3 aromatic carbocycles. The number of rotatable bonds is 8. The van der Waals surface area contributed by atoms with Gasteiger partial charge in [-0.1, -0.05) is 65.8 Å². The Balaban J connectivity index is 1.64. The third-order valence-corrected chi connectivity index (χ3v) is 3.97. The van der Waals surface area contributed by atoms with Gasteiger partial charge in [-0.2, -0.15) is 0 Å². The number of methoxy groups -OCH3 is 1. The second-order valence-electron chi connectivity index (χ2n) is 6.03. The summed E-state index contributed by atoms with van der Waals surface area (Å²) in [5, 5.41) is 4.01. The van der Waals surface area contributed by atoms with E-state index in [1.807, 2.05) is 78.9 Å². The minimum Gasteiger partial charge on any atom is -0.469 e. The third-order valence-electron chi connectivity index (χ3n) is 3.97. The van der Waals surface area contributed by atoms with Crippen molar-refractivity contribution in [2.24, 2.45) is 5.16 Å². The van der Waals surface area contributed by atoms with E-state index in [0.717, 1.165) is 16.7 Å². The van der Waals surface area contributed by atoms with Crippen LogP contribution < -0.4 is 4.74 Å². The number of para-hydroxylation sites is 1. The molecule has 142 valence electrons. The second-order valence-corrected chi connectivity index (χ2v) is 6.03. The lowest BCUT2D eigenvalue weighted by atomic mass is 10.1. The number of carbonyl (C=O) groups is 1. The fourth-order valence-corrected chi connectivity index (χ4v) is 2.55. The summed E-state index contributed by atoms with van der Waals surface area (Å²) in [5.41, 5.74) is 2.66. The van der Waals surface area contributed by atoms with Crippen molar-refractivity contribution in [3.05, 3.63) is 95.6 Å². The van der Waals surface area contributed by atoms with Gasteiger partial charge in [-0.05, 0) is 29.3 Å². The number of esters is 1. The van der Waals surface area contributed by atoms with Crippen LogP contribution in [-0.2, 0) is 27.4 Å². The zero-order valence-electron chi connectivity index (χ0n) is 15.6. The average Bonchev–Trinajstić information content (AvgIpc) is 2.73. The molecule has 3 rings (SSSR count). The standard InChI is InChI=1S/C23H21NO4/c1-26-23(25)15-20-11-5-6-13-22(20)28-21-12-7-10-19(14-21)16-24-27-17-18-8-3-2-4-9-18/h2-14,16H,15,17H2,1H3. The Hall–Kier alpha value is -3.60. The molecule has 28 heavy (non-hydrogen) atoms. The van der Waals surface area contributed by atoms with Gasteiger partial charge in [0, 0.05) is 5.56 Å². The summed E-state index contributed by atoms with van der Waals surface area (Å²) in [7, 11) is 1.37. The molecule has 0 amide bonds. The lowest BCUT2D eigenvalue weighted by molar-refractivity contribution is -0.139. The number of carbonyl (C=O) groups excluding carboxylic acids is 1. The van der Waals surface area contributed by atoms with Crippen LogP contribution in [0.15, 0.2) is 84.0 Å². The number of ether oxygens (including phenoxy) is 2. The highest BCUT2D eigenvalue weighted by Crippen LogP contribution is 2.26. The van der Waals surface area contributed by atoms with Gasteiger partial charge in [0.2, 0.25) is 0 Å². The van der Waals surface area contributed by atoms with Crippen LogP contribution in [0.4, 0.5) is 0 Å². The van der Waals surface area contributed by atoms with Crippen LogP contribution in [-0.4, -0.2) is 19.3 Å². The van der Waals surface area contributed by atoms with Crippen molar-refractivity contribution < 1.29 is 19.1 Å². The number of nitrogens with zero attached hydrogens (tertiary/aromatic N) is 1. The molecule has 0 aliphatic carbocycles. The summed E-state index contributed by atoms with van der Waals surface area (Å²) in [6.07, 6.45) is 1.79. The number of hydrogen-bond donors (Lipinski definition) is 0. The van der Waals surface area contributed by atoms with Gasteiger partial charge in [0.25, 0.3) is 0 Å². The summed E-state index contributed by atoms with van der Waals surface area (Å²) >= 11 is 0. The highest BCUT2D eigenvalue weighted by atomic mass is 16.6. The van der Waals surface area contributed by atoms with E-state index >= 15 is 0 Å². The minimum atomic E-state index is -0.313. The molecule has 0 radical (unpaired) electrons. The Labute approximate surface area is 164 Å². The maximum Gasteiger partial charge on any atom is 0.310 e. The molecule has 0 atom stereocenters. The molecule has 0 saturated heterocycles. The molecule has 0 aliphatic heterocycles. The SMILES string of the molecule is COC(=O)Cc1ccccc1Oc1cccc(C=NOCc2ccccc2)c1. The largest absolute Gasteiger partial charge is 0.469 e. The van der Waals surface area contributed by atoms with Crippen LogP contribution >= 0.6 is 0 Å². The smallest absolute Gasteiger partial charge is 0.310 e. The predicted molar refractivity (Wildman–Crippen MR) is 108 cm³/mol. The molecule has 0 bridgehead atoms. The van der Waals surface area contributed by atoms with E-state index in [0.29, 0.717) is 18.1 Å². The Morgan fingerprint density at radius 1 is 0.964 bits per heavy atom. The van der Waals surface area contributed by atoms with Gasteiger partial charge in [-0.25, -0.2) is 0 Å². The van der Waals surface area contributed by atoms with E-state index < -0.39 is 0 Å². The summed E-state index contributed by atoms with van der Waals surface area (Å²) in [6, 6.07) is 24.7. The molecule has 0 aromatic heterocycles. The van der Waals surface area contributed by atoms with Crippen LogP contribution in [0, 0.1) is 0 Å². The lowest BCUT2D eigenvalue weighted by Crippen LogP contribution is -2.05. The maximum absolute atomic E-state index is 11.6. The summed E-state index contributed by atoms with van der Waals surface area (Å²) in [5.74, 6) is 0.944. The first kappa shape index (κ1) is 19.2. The molecule has 5 heteroatoms. The van der Waals surface area contributed by atoms with Crippen molar-refractivity contribution >= 4 is 12.2 Å². The third kappa shape index (κ3) is 5.71. The van der Waals surface area contributed by atoms with Crippen LogP contribution in [0.2, 0.25) is 0 Å². The van der Waals surface area contributed by atoms with Gasteiger partial charge in [-0.3, -0.25) is 4.79 Å². The Morgan fingerprint density at radius 3 is 2.57 bits per heavy atom. The fourth-order valence-electron chi connectivity index (χ4n) is 2.55. The highest BCUT2D eigenvalue weighted by Gasteiger charge is 2.09. The molecule has 0 N–H and O–H groups in total. The van der Waals surface area contributed by atoms with Crippen molar-refractivity contribution in [1.82, 2.24) is 0 Å². The molecule has 0 unspecified atom stereocenters. The van der Waals surface area contributed by atoms with Gasteiger partial charge in [0.1, 0.15) is 18.1 Å². The second kappa shape index (κ2) is 9.92. The first-order chi connectivity index (χ1) is 13.7. The van der Waals surface area contributed by atoms with Crippen LogP contribution in [0.25, 0.3) is 0 Å². The molecule has 5 nitrogen and oxygen atoms in total. The van der Waals surface area contributed by atoms with Crippen molar-refractivity contribution in [2.45, 2.75) is 13.0 Å². The van der Waals surface area contributed by atoms with Gasteiger partial charge in [0.15, 0.2) is 0 Å². The van der Waals surface area contributed by atoms with E-state index in [9.17, 15) is 4.79 Å². The zero-order valence-corrected chi connectivity index (χ0v) is 15.6. The Bertz CT molecular complexity index is 938. The van der Waals surface area contributed by atoms with E-state index in [2.05, 4.69) is 5.16 Å². The van der Waals surface area contributed by atoms with Crippen LogP contribution in [0.5, 0.6) is 11.5 Å². The van der Waals surface area contributed by atoms with E-state index in [1.165, 1.54) is 7.11 Å². The van der Waals surface area contributed by atoms with E-state index in [1.54, 1.807) is 6.21 Å². The molecular formula is C23H21NO4. The fraction of sp³-hybridized carbons (Fsp3) is 0.130. The first-order valence-corrected chi connectivity index (χ1v) is 8.86. The van der Waals surface area contributed by atoms with Gasteiger partial charge < -0.3 is 14.3 Å². The molecule has 0 fully saturated rings. The summed E-state index contributed by atoms with van der Waals surface area (Å²) in [4.78, 5) is 16.9. The quantitative estimate of drug-likeness (QED) is 0.324. The number of hydrogen-bond acceptors (Lipinski definition) is 5. The topological polar surface area (TPSA) is 57.1 Å². The molecule has 0 aliphatic rings. The molecule has 0 spiro atoms. The Kier molecular flexibility index (Phi) is 6.79. The Morgan fingerprint density at radius 2 is 1.75 bits per heavy atom. The van der Waals surface area contributed by atoms with Gasteiger partial charge >= 0.3 is 5.97 Å². The summed E-state index contributed by atoms with van der Waals surface area (Å²) < 4.78 is 10.7. The number of oxime groups is 1. The van der Waals surface area contributed by atoms with Crippen molar-refractivity contribution in [3.8, 4) is 11.5 Å². The predicted octanol–water partition coefficient (Wildman–Crippen LogP) is 4.75. The number of benzene rings is 3. The average molecular weight is 375 g/mol. The molecule has 0 heterocycles.